The number of hydrogen-bond acceptors (Lipinski definition) is 6. The van der Waals surface area contributed by atoms with Crippen molar-refractivity contribution >= 4 is 11.7 Å². The van der Waals surface area contributed by atoms with Crippen LogP contribution in [0.3, 0.4) is 0 Å². The van der Waals surface area contributed by atoms with E-state index < -0.39 is 6.10 Å². The van der Waals surface area contributed by atoms with Gasteiger partial charge >= 0.3 is 0 Å². The fraction of sp³-hybridized carbons (Fsp3) is 0.412. The molecule has 0 spiro atoms. The van der Waals surface area contributed by atoms with E-state index in [0.717, 1.165) is 32.0 Å². The van der Waals surface area contributed by atoms with Crippen molar-refractivity contribution in [1.29, 1.82) is 0 Å². The molecule has 3 rings (SSSR count). The lowest BCUT2D eigenvalue weighted by Crippen LogP contribution is -2.44. The minimum absolute atomic E-state index is 0.0957. The van der Waals surface area contributed by atoms with Gasteiger partial charge in [0.15, 0.2) is 0 Å². The minimum atomic E-state index is -0.858. The van der Waals surface area contributed by atoms with Crippen LogP contribution in [0.15, 0.2) is 41.1 Å². The molecule has 2 aromatic rings. The summed E-state index contributed by atoms with van der Waals surface area (Å²) in [4.78, 5) is 21.1. The molecule has 1 amide bonds. The molecule has 1 unspecified atom stereocenters. The number of pyridine rings is 1. The van der Waals surface area contributed by atoms with Crippen LogP contribution in [0.5, 0.6) is 0 Å². The van der Waals surface area contributed by atoms with Crippen molar-refractivity contribution in [3.05, 3.63) is 48.0 Å². The molecule has 0 aromatic carbocycles. The number of likely N-dealkylation sites (N-methyl/N-ethyl adjacent to an activating group) is 1. The van der Waals surface area contributed by atoms with E-state index in [1.54, 1.807) is 30.5 Å². The summed E-state index contributed by atoms with van der Waals surface area (Å²) in [6.45, 7) is 3.84. The highest BCUT2D eigenvalue weighted by Gasteiger charge is 2.17. The predicted molar refractivity (Wildman–Crippen MR) is 89.9 cm³/mol. The Kier molecular flexibility index (Phi) is 5.12. The van der Waals surface area contributed by atoms with E-state index >= 15 is 0 Å². The van der Waals surface area contributed by atoms with Crippen LogP contribution < -0.4 is 10.2 Å². The molecule has 128 valence electrons. The molecular formula is C17H22N4O3. The van der Waals surface area contributed by atoms with Gasteiger partial charge in [-0.05, 0) is 31.3 Å². The number of anilines is 1. The van der Waals surface area contributed by atoms with Crippen molar-refractivity contribution in [2.45, 2.75) is 6.10 Å². The molecule has 24 heavy (non-hydrogen) atoms. The molecule has 0 radical (unpaired) electrons. The number of carbonyl (C=O) groups is 1. The lowest BCUT2D eigenvalue weighted by molar-refractivity contribution is 0.0901. The monoisotopic (exact) mass is 330 g/mol. The molecule has 0 aliphatic carbocycles. The summed E-state index contributed by atoms with van der Waals surface area (Å²) in [6, 6.07) is 6.84. The van der Waals surface area contributed by atoms with Crippen molar-refractivity contribution in [1.82, 2.24) is 15.2 Å². The number of carbonyl (C=O) groups excluding carboxylic acids is 1. The van der Waals surface area contributed by atoms with Gasteiger partial charge in [0.05, 0.1) is 12.8 Å². The molecule has 1 saturated heterocycles. The largest absolute Gasteiger partial charge is 0.467 e. The first kappa shape index (κ1) is 16.5. The number of aliphatic hydroxyl groups excluding tert-OH is 1. The average Bonchev–Trinajstić information content (AvgIpc) is 3.15. The van der Waals surface area contributed by atoms with E-state index in [1.807, 2.05) is 0 Å². The molecule has 3 heterocycles. The first-order valence-electron chi connectivity index (χ1n) is 8.02. The Labute approximate surface area is 140 Å². The van der Waals surface area contributed by atoms with E-state index in [0.29, 0.717) is 11.3 Å². The SMILES string of the molecule is CN1CCN(c2cc(C(=O)NCC(O)c3ccco3)ccn2)CC1. The third kappa shape index (κ3) is 3.93. The van der Waals surface area contributed by atoms with Gasteiger partial charge in [-0.15, -0.1) is 0 Å². The van der Waals surface area contributed by atoms with E-state index in [9.17, 15) is 9.90 Å². The number of rotatable bonds is 5. The molecule has 0 bridgehead atoms. The number of aromatic nitrogens is 1. The number of aliphatic hydroxyl groups is 1. The lowest BCUT2D eigenvalue weighted by atomic mass is 10.2. The second-order valence-corrected chi connectivity index (χ2v) is 5.93. The lowest BCUT2D eigenvalue weighted by Gasteiger charge is -2.33. The van der Waals surface area contributed by atoms with Crippen molar-refractivity contribution < 1.29 is 14.3 Å². The van der Waals surface area contributed by atoms with Gasteiger partial charge in [0.2, 0.25) is 0 Å². The van der Waals surface area contributed by atoms with Gasteiger partial charge in [0.25, 0.3) is 5.91 Å². The molecule has 1 fully saturated rings. The van der Waals surface area contributed by atoms with Crippen LogP contribution in [0.25, 0.3) is 0 Å². The first-order valence-corrected chi connectivity index (χ1v) is 8.02. The third-order valence-corrected chi connectivity index (χ3v) is 4.16. The van der Waals surface area contributed by atoms with Crippen LogP contribution in [0.4, 0.5) is 5.82 Å². The summed E-state index contributed by atoms with van der Waals surface area (Å²) < 4.78 is 5.12. The Bertz CT molecular complexity index is 666. The molecular weight excluding hydrogens is 308 g/mol. The number of furan rings is 1. The smallest absolute Gasteiger partial charge is 0.251 e. The van der Waals surface area contributed by atoms with Gasteiger partial charge in [0.1, 0.15) is 17.7 Å². The number of nitrogens with zero attached hydrogens (tertiary/aromatic N) is 3. The molecule has 7 heteroatoms. The Balaban J connectivity index is 1.60. The van der Waals surface area contributed by atoms with Crippen molar-refractivity contribution in [2.75, 3.05) is 44.7 Å². The summed E-state index contributed by atoms with van der Waals surface area (Å²) in [5, 5.41) is 12.7. The summed E-state index contributed by atoms with van der Waals surface area (Å²) in [5.41, 5.74) is 0.533. The Morgan fingerprint density at radius 3 is 2.88 bits per heavy atom. The van der Waals surface area contributed by atoms with E-state index in [-0.39, 0.29) is 12.5 Å². The zero-order valence-electron chi connectivity index (χ0n) is 13.7. The topological polar surface area (TPSA) is 81.8 Å². The highest BCUT2D eigenvalue weighted by Crippen LogP contribution is 2.15. The molecule has 2 aromatic heterocycles. The van der Waals surface area contributed by atoms with E-state index in [4.69, 9.17) is 4.42 Å². The predicted octanol–water partition coefficient (Wildman–Crippen LogP) is 0.890. The minimum Gasteiger partial charge on any atom is -0.467 e. The van der Waals surface area contributed by atoms with Gasteiger partial charge < -0.3 is 24.6 Å². The summed E-state index contributed by atoms with van der Waals surface area (Å²) in [5.74, 6) is 1.00. The summed E-state index contributed by atoms with van der Waals surface area (Å²) >= 11 is 0. The van der Waals surface area contributed by atoms with Crippen LogP contribution in [-0.2, 0) is 0 Å². The second-order valence-electron chi connectivity index (χ2n) is 5.93. The maximum atomic E-state index is 12.3. The van der Waals surface area contributed by atoms with Crippen LogP contribution in [0.2, 0.25) is 0 Å². The maximum absolute atomic E-state index is 12.3. The highest BCUT2D eigenvalue weighted by molar-refractivity contribution is 5.94. The Morgan fingerprint density at radius 2 is 2.17 bits per heavy atom. The summed E-state index contributed by atoms with van der Waals surface area (Å²) in [6.07, 6.45) is 2.28. The van der Waals surface area contributed by atoms with Gasteiger partial charge in [-0.2, -0.15) is 0 Å². The number of nitrogens with one attached hydrogen (secondary N) is 1. The van der Waals surface area contributed by atoms with Crippen molar-refractivity contribution in [3.8, 4) is 0 Å². The van der Waals surface area contributed by atoms with Crippen LogP contribution >= 0.6 is 0 Å². The Hall–Kier alpha value is -2.38. The third-order valence-electron chi connectivity index (χ3n) is 4.16. The van der Waals surface area contributed by atoms with Crippen LogP contribution in [-0.4, -0.2) is 60.7 Å². The molecule has 7 nitrogen and oxygen atoms in total. The fourth-order valence-corrected chi connectivity index (χ4v) is 2.64. The normalized spacial score (nSPS) is 16.8. The Morgan fingerprint density at radius 1 is 1.38 bits per heavy atom. The molecule has 0 saturated carbocycles. The number of hydrogen-bond donors (Lipinski definition) is 2. The quantitative estimate of drug-likeness (QED) is 0.847. The zero-order valence-corrected chi connectivity index (χ0v) is 13.7. The molecule has 1 atom stereocenters. The van der Waals surface area contributed by atoms with Crippen LogP contribution in [0, 0.1) is 0 Å². The molecule has 1 aliphatic rings. The maximum Gasteiger partial charge on any atom is 0.251 e. The van der Waals surface area contributed by atoms with Crippen LogP contribution in [0.1, 0.15) is 22.2 Å². The molecule has 1 aliphatic heterocycles. The van der Waals surface area contributed by atoms with E-state index in [2.05, 4.69) is 27.1 Å². The van der Waals surface area contributed by atoms with Gasteiger partial charge in [-0.25, -0.2) is 4.98 Å². The standard InChI is InChI=1S/C17H22N4O3/c1-20-6-8-21(9-7-20)16-11-13(4-5-18-16)17(23)19-12-14(22)15-3-2-10-24-15/h2-5,10-11,14,22H,6-9,12H2,1H3,(H,19,23). The summed E-state index contributed by atoms with van der Waals surface area (Å²) in [7, 11) is 2.10. The highest BCUT2D eigenvalue weighted by atomic mass is 16.4. The second kappa shape index (κ2) is 7.46. The fourth-order valence-electron chi connectivity index (χ4n) is 2.64. The van der Waals surface area contributed by atoms with Crippen molar-refractivity contribution in [2.24, 2.45) is 0 Å². The number of amides is 1. The first-order chi connectivity index (χ1) is 11.6. The van der Waals surface area contributed by atoms with Gasteiger partial charge in [-0.1, -0.05) is 0 Å². The van der Waals surface area contributed by atoms with Crippen molar-refractivity contribution in [3.63, 3.8) is 0 Å². The van der Waals surface area contributed by atoms with Gasteiger partial charge in [0, 0.05) is 37.9 Å². The number of piperazine rings is 1. The molecule has 2 N–H and O–H groups in total. The zero-order chi connectivity index (χ0) is 16.9. The van der Waals surface area contributed by atoms with E-state index in [1.165, 1.54) is 6.26 Å². The van der Waals surface area contributed by atoms with Gasteiger partial charge in [-0.3, -0.25) is 4.79 Å². The average molecular weight is 330 g/mol.